The molecule has 0 bridgehead atoms. The normalized spacial score (nSPS) is 17.5. The van der Waals surface area contributed by atoms with Gasteiger partial charge in [-0.25, -0.2) is 8.42 Å². The van der Waals surface area contributed by atoms with Gasteiger partial charge in [-0.15, -0.1) is 0 Å². The van der Waals surface area contributed by atoms with Crippen molar-refractivity contribution >= 4 is 20.8 Å². The average molecular weight is 333 g/mol. The molecule has 124 valence electrons. The number of nitrogens with one attached hydrogen (secondary N) is 1. The van der Waals surface area contributed by atoms with Crippen molar-refractivity contribution in [1.29, 1.82) is 0 Å². The van der Waals surface area contributed by atoms with Gasteiger partial charge in [0.05, 0.1) is 10.6 Å². The van der Waals surface area contributed by atoms with Crippen molar-refractivity contribution in [3.05, 3.63) is 36.2 Å². The molecule has 1 N–H and O–H groups in total. The number of sulfonamides is 1. The molecule has 3 rings (SSSR count). The van der Waals surface area contributed by atoms with Crippen molar-refractivity contribution < 1.29 is 8.42 Å². The zero-order valence-electron chi connectivity index (χ0n) is 13.6. The summed E-state index contributed by atoms with van der Waals surface area (Å²) < 4.78 is 27.8. The second kappa shape index (κ2) is 6.55. The van der Waals surface area contributed by atoms with Gasteiger partial charge in [0.1, 0.15) is 0 Å². The van der Waals surface area contributed by atoms with Gasteiger partial charge in [0.15, 0.2) is 0 Å². The maximum Gasteiger partial charge on any atom is 0.243 e. The number of pyridine rings is 1. The van der Waals surface area contributed by atoms with Crippen LogP contribution < -0.4 is 5.32 Å². The van der Waals surface area contributed by atoms with E-state index in [1.165, 1.54) is 0 Å². The van der Waals surface area contributed by atoms with E-state index in [2.05, 4.69) is 24.1 Å². The summed E-state index contributed by atoms with van der Waals surface area (Å²) in [5.41, 5.74) is 0.942. The molecule has 1 fully saturated rings. The van der Waals surface area contributed by atoms with E-state index in [4.69, 9.17) is 0 Å². The van der Waals surface area contributed by atoms with Crippen LogP contribution in [0.25, 0.3) is 10.8 Å². The van der Waals surface area contributed by atoms with Gasteiger partial charge in [-0.1, -0.05) is 26.0 Å². The molecule has 0 radical (unpaired) electrons. The summed E-state index contributed by atoms with van der Waals surface area (Å²) in [7, 11) is -3.49. The molecule has 2 heterocycles. The van der Waals surface area contributed by atoms with Crippen LogP contribution >= 0.6 is 0 Å². The maximum absolute atomic E-state index is 13.1. The molecule has 0 spiro atoms. The average Bonchev–Trinajstić information content (AvgIpc) is 2.83. The summed E-state index contributed by atoms with van der Waals surface area (Å²) >= 11 is 0. The quantitative estimate of drug-likeness (QED) is 0.936. The van der Waals surface area contributed by atoms with Crippen LogP contribution in [0.3, 0.4) is 0 Å². The molecule has 5 nitrogen and oxygen atoms in total. The molecule has 1 aliphatic heterocycles. The van der Waals surface area contributed by atoms with Crippen LogP contribution in [0.1, 0.15) is 31.9 Å². The SMILES string of the molecule is CC(C)c1nccc2c(S(=O)(=O)N3CCCNCC3)cccc12. The molecule has 2 aromatic rings. The molecule has 0 amide bonds. The summed E-state index contributed by atoms with van der Waals surface area (Å²) in [4.78, 5) is 4.83. The highest BCUT2D eigenvalue weighted by atomic mass is 32.2. The van der Waals surface area contributed by atoms with Crippen LogP contribution in [0.5, 0.6) is 0 Å². The van der Waals surface area contributed by atoms with Crippen molar-refractivity contribution in [1.82, 2.24) is 14.6 Å². The van der Waals surface area contributed by atoms with Crippen molar-refractivity contribution in [3.8, 4) is 0 Å². The molecular weight excluding hydrogens is 310 g/mol. The van der Waals surface area contributed by atoms with Gasteiger partial charge in [-0.05, 0) is 31.0 Å². The van der Waals surface area contributed by atoms with E-state index < -0.39 is 10.0 Å². The van der Waals surface area contributed by atoms with E-state index in [-0.39, 0.29) is 5.92 Å². The Hall–Kier alpha value is -1.50. The zero-order chi connectivity index (χ0) is 16.4. The molecule has 1 saturated heterocycles. The first-order valence-electron chi connectivity index (χ1n) is 8.10. The first-order chi connectivity index (χ1) is 11.0. The van der Waals surface area contributed by atoms with E-state index in [0.717, 1.165) is 29.4 Å². The van der Waals surface area contributed by atoms with Gasteiger partial charge in [0, 0.05) is 36.6 Å². The van der Waals surface area contributed by atoms with Gasteiger partial charge in [-0.3, -0.25) is 4.98 Å². The van der Waals surface area contributed by atoms with Gasteiger partial charge in [0.2, 0.25) is 10.0 Å². The lowest BCUT2D eigenvalue weighted by atomic mass is 10.0. The van der Waals surface area contributed by atoms with E-state index >= 15 is 0 Å². The van der Waals surface area contributed by atoms with Gasteiger partial charge >= 0.3 is 0 Å². The van der Waals surface area contributed by atoms with Crippen molar-refractivity contribution in [2.24, 2.45) is 0 Å². The minimum atomic E-state index is -3.49. The molecule has 1 aromatic heterocycles. The van der Waals surface area contributed by atoms with Crippen LogP contribution in [-0.2, 0) is 10.0 Å². The molecule has 23 heavy (non-hydrogen) atoms. The number of hydrogen-bond acceptors (Lipinski definition) is 4. The minimum absolute atomic E-state index is 0.249. The Bertz CT molecular complexity index is 795. The molecule has 1 aliphatic rings. The second-order valence-corrected chi connectivity index (χ2v) is 8.12. The Morgan fingerprint density at radius 2 is 1.96 bits per heavy atom. The highest BCUT2D eigenvalue weighted by molar-refractivity contribution is 7.89. The number of rotatable bonds is 3. The molecule has 0 unspecified atom stereocenters. The number of nitrogens with zero attached hydrogens (tertiary/aromatic N) is 2. The second-order valence-electron chi connectivity index (χ2n) is 6.21. The van der Waals surface area contributed by atoms with E-state index in [9.17, 15) is 8.42 Å². The smallest absolute Gasteiger partial charge is 0.243 e. The van der Waals surface area contributed by atoms with Gasteiger partial charge in [-0.2, -0.15) is 4.31 Å². The van der Waals surface area contributed by atoms with E-state index in [1.807, 2.05) is 18.2 Å². The first kappa shape index (κ1) is 16.4. The van der Waals surface area contributed by atoms with Crippen LogP contribution in [0.4, 0.5) is 0 Å². The highest BCUT2D eigenvalue weighted by Gasteiger charge is 2.27. The van der Waals surface area contributed by atoms with Crippen LogP contribution in [0.15, 0.2) is 35.4 Å². The Balaban J connectivity index is 2.14. The summed E-state index contributed by atoms with van der Waals surface area (Å²) in [5, 5.41) is 4.94. The zero-order valence-corrected chi connectivity index (χ0v) is 14.4. The fraction of sp³-hybridized carbons (Fsp3) is 0.471. The molecule has 0 aliphatic carbocycles. The molecule has 6 heteroatoms. The molecule has 0 saturated carbocycles. The Morgan fingerprint density at radius 1 is 1.13 bits per heavy atom. The Kier molecular flexibility index (Phi) is 4.66. The summed E-state index contributed by atoms with van der Waals surface area (Å²) in [6, 6.07) is 7.30. The number of hydrogen-bond donors (Lipinski definition) is 1. The number of benzene rings is 1. The van der Waals surface area contributed by atoms with Crippen LogP contribution in [0.2, 0.25) is 0 Å². The monoisotopic (exact) mass is 333 g/mol. The third-order valence-electron chi connectivity index (χ3n) is 4.26. The number of aromatic nitrogens is 1. The van der Waals surface area contributed by atoms with Crippen molar-refractivity contribution in [3.63, 3.8) is 0 Å². The fourth-order valence-corrected chi connectivity index (χ4v) is 4.77. The van der Waals surface area contributed by atoms with Crippen molar-refractivity contribution in [2.75, 3.05) is 26.2 Å². The number of fused-ring (bicyclic) bond motifs is 1. The summed E-state index contributed by atoms with van der Waals surface area (Å²) in [6.45, 7) is 6.79. The fourth-order valence-electron chi connectivity index (χ4n) is 3.09. The lowest BCUT2D eigenvalue weighted by Gasteiger charge is -2.21. The summed E-state index contributed by atoms with van der Waals surface area (Å²) in [6.07, 6.45) is 2.55. The maximum atomic E-state index is 13.1. The lowest BCUT2D eigenvalue weighted by molar-refractivity contribution is 0.432. The Morgan fingerprint density at radius 3 is 2.74 bits per heavy atom. The van der Waals surface area contributed by atoms with Crippen LogP contribution in [-0.4, -0.2) is 43.9 Å². The molecule has 1 aromatic carbocycles. The molecular formula is C17H23N3O2S. The lowest BCUT2D eigenvalue weighted by Crippen LogP contribution is -2.34. The topological polar surface area (TPSA) is 62.3 Å². The third kappa shape index (κ3) is 3.11. The highest BCUT2D eigenvalue weighted by Crippen LogP contribution is 2.29. The van der Waals surface area contributed by atoms with Crippen molar-refractivity contribution in [2.45, 2.75) is 31.1 Å². The minimum Gasteiger partial charge on any atom is -0.315 e. The first-order valence-corrected chi connectivity index (χ1v) is 9.54. The van der Waals surface area contributed by atoms with E-state index in [1.54, 1.807) is 16.6 Å². The molecule has 0 atom stereocenters. The predicted molar refractivity (Wildman–Crippen MR) is 92.1 cm³/mol. The third-order valence-corrected chi connectivity index (χ3v) is 6.22. The van der Waals surface area contributed by atoms with Gasteiger partial charge < -0.3 is 5.32 Å². The van der Waals surface area contributed by atoms with Crippen LogP contribution in [0, 0.1) is 0 Å². The van der Waals surface area contributed by atoms with E-state index in [0.29, 0.717) is 24.5 Å². The Labute approximate surface area is 137 Å². The standard InChI is InChI=1S/C17H23N3O2S/c1-13(2)17-15-5-3-6-16(14(15)7-9-19-17)23(21,22)20-11-4-8-18-10-12-20/h3,5-7,9,13,18H,4,8,10-12H2,1-2H3. The largest absolute Gasteiger partial charge is 0.315 e. The summed E-state index contributed by atoms with van der Waals surface area (Å²) in [5.74, 6) is 0.249. The predicted octanol–water partition coefficient (Wildman–Crippen LogP) is 2.34. The van der Waals surface area contributed by atoms with Gasteiger partial charge in [0.25, 0.3) is 0 Å².